The lowest BCUT2D eigenvalue weighted by molar-refractivity contribution is -0.118. The van der Waals surface area contributed by atoms with Crippen molar-refractivity contribution < 1.29 is 9.53 Å². The number of hydrazone groups is 1. The highest BCUT2D eigenvalue weighted by Gasteiger charge is 2.11. The van der Waals surface area contributed by atoms with Crippen LogP contribution in [0.1, 0.15) is 11.1 Å². The lowest BCUT2D eigenvalue weighted by Gasteiger charge is -2.12. The minimum absolute atomic E-state index is 0.225. The Morgan fingerprint density at radius 2 is 1.72 bits per heavy atom. The zero-order valence-electron chi connectivity index (χ0n) is 16.2. The number of hydrogen-bond acceptors (Lipinski definition) is 4. The first-order valence-electron chi connectivity index (χ1n) is 9.08. The van der Waals surface area contributed by atoms with Crippen LogP contribution in [0.4, 0.5) is 0 Å². The number of thioether (sulfide) groups is 1. The molecule has 0 saturated carbocycles. The van der Waals surface area contributed by atoms with Gasteiger partial charge in [0.25, 0.3) is 0 Å². The number of amides is 1. The van der Waals surface area contributed by atoms with Crippen LogP contribution in [0, 0.1) is 0 Å². The van der Waals surface area contributed by atoms with Gasteiger partial charge in [0, 0.05) is 25.5 Å². The van der Waals surface area contributed by atoms with Gasteiger partial charge in [-0.05, 0) is 70.0 Å². The van der Waals surface area contributed by atoms with E-state index in [1.54, 1.807) is 42.5 Å². The lowest BCUT2D eigenvalue weighted by atomic mass is 10.2. The van der Waals surface area contributed by atoms with Gasteiger partial charge in [0.15, 0.2) is 5.75 Å². The molecule has 32 heavy (non-hydrogen) atoms. The molecule has 0 spiro atoms. The van der Waals surface area contributed by atoms with Crippen LogP contribution in [-0.2, 0) is 11.4 Å². The minimum atomic E-state index is -0.230. The molecule has 3 rings (SSSR count). The number of benzene rings is 3. The summed E-state index contributed by atoms with van der Waals surface area (Å²) in [6.45, 7) is 0.225. The van der Waals surface area contributed by atoms with Crippen LogP contribution in [0.15, 0.2) is 69.1 Å². The third-order valence-corrected chi connectivity index (χ3v) is 6.71. The molecular formula is C22H15BrCl4N2O2S. The second-order valence-corrected chi connectivity index (χ2v) is 9.96. The third kappa shape index (κ3) is 7.58. The number of nitrogens with zero attached hydrogens (tertiary/aromatic N) is 1. The summed E-state index contributed by atoms with van der Waals surface area (Å²) in [6, 6.07) is 15.9. The SMILES string of the molecule is O=C(CSc1ccc(Cl)cc1)N/N=C\c1cc(Cl)c(OCc2ccc(Cl)cc2Cl)c(Br)c1. The molecule has 0 aliphatic carbocycles. The molecule has 0 unspecified atom stereocenters. The van der Waals surface area contributed by atoms with E-state index in [-0.39, 0.29) is 18.3 Å². The molecule has 0 heterocycles. The zero-order chi connectivity index (χ0) is 23.1. The van der Waals surface area contributed by atoms with Gasteiger partial charge in [-0.1, -0.05) is 52.5 Å². The maximum absolute atomic E-state index is 12.0. The highest BCUT2D eigenvalue weighted by molar-refractivity contribution is 9.10. The molecule has 0 aromatic heterocycles. The van der Waals surface area contributed by atoms with Gasteiger partial charge in [0.2, 0.25) is 5.91 Å². The topological polar surface area (TPSA) is 50.7 Å². The maximum atomic E-state index is 12.0. The van der Waals surface area contributed by atoms with E-state index in [0.717, 1.165) is 10.5 Å². The Hall–Kier alpha value is -1.41. The summed E-state index contributed by atoms with van der Waals surface area (Å²) in [5.74, 6) is 0.466. The average molecular weight is 593 g/mol. The van der Waals surface area contributed by atoms with Crippen molar-refractivity contribution in [3.63, 3.8) is 0 Å². The van der Waals surface area contributed by atoms with Crippen LogP contribution in [0.5, 0.6) is 5.75 Å². The van der Waals surface area contributed by atoms with Crippen molar-refractivity contribution in [2.75, 3.05) is 5.75 Å². The summed E-state index contributed by atoms with van der Waals surface area (Å²) in [5.41, 5.74) is 3.96. The molecule has 0 atom stereocenters. The van der Waals surface area contributed by atoms with E-state index in [9.17, 15) is 4.79 Å². The van der Waals surface area contributed by atoms with Crippen molar-refractivity contribution in [3.05, 3.63) is 90.3 Å². The van der Waals surface area contributed by atoms with Gasteiger partial charge < -0.3 is 4.74 Å². The molecule has 3 aromatic rings. The third-order valence-electron chi connectivity index (χ3n) is 3.99. The molecule has 0 fully saturated rings. The first kappa shape index (κ1) is 25.2. The first-order valence-corrected chi connectivity index (χ1v) is 12.4. The van der Waals surface area contributed by atoms with Crippen LogP contribution in [0.2, 0.25) is 20.1 Å². The van der Waals surface area contributed by atoms with Crippen molar-refractivity contribution in [2.24, 2.45) is 5.10 Å². The highest BCUT2D eigenvalue weighted by Crippen LogP contribution is 2.35. The number of carbonyl (C=O) groups excluding carboxylic acids is 1. The number of carbonyl (C=O) groups is 1. The minimum Gasteiger partial charge on any atom is -0.486 e. The standard InChI is InChI=1S/C22H15BrCl4N2O2S/c23-18-7-13(10-28-29-21(30)12-32-17-5-3-15(24)4-6-17)8-20(27)22(18)31-11-14-1-2-16(25)9-19(14)26/h1-10H,11-12H2,(H,29,30)/b28-10-. The molecule has 0 aliphatic rings. The van der Waals surface area contributed by atoms with Crippen molar-refractivity contribution in [1.29, 1.82) is 0 Å². The maximum Gasteiger partial charge on any atom is 0.250 e. The summed E-state index contributed by atoms with van der Waals surface area (Å²) in [4.78, 5) is 12.9. The van der Waals surface area contributed by atoms with E-state index in [2.05, 4.69) is 26.5 Å². The molecule has 0 aliphatic heterocycles. The normalized spacial score (nSPS) is 11.0. The average Bonchev–Trinajstić information content (AvgIpc) is 2.74. The predicted octanol–water partition coefficient (Wildman–Crippen LogP) is 7.88. The molecule has 3 aromatic carbocycles. The molecule has 0 saturated heterocycles. The van der Waals surface area contributed by atoms with Crippen molar-refractivity contribution in [1.82, 2.24) is 5.43 Å². The smallest absolute Gasteiger partial charge is 0.250 e. The molecular weight excluding hydrogens is 578 g/mol. The van der Waals surface area contributed by atoms with Crippen LogP contribution in [-0.4, -0.2) is 17.9 Å². The number of rotatable bonds is 8. The van der Waals surface area contributed by atoms with Crippen LogP contribution in [0.25, 0.3) is 0 Å². The van der Waals surface area contributed by atoms with E-state index in [1.807, 2.05) is 12.1 Å². The summed E-state index contributed by atoms with van der Waals surface area (Å²) < 4.78 is 6.46. The second kappa shape index (κ2) is 12.2. The van der Waals surface area contributed by atoms with Crippen molar-refractivity contribution in [2.45, 2.75) is 11.5 Å². The summed E-state index contributed by atoms with van der Waals surface area (Å²) in [7, 11) is 0. The number of hydrogen-bond donors (Lipinski definition) is 1. The Labute approximate surface area is 218 Å². The Bertz CT molecular complexity index is 1120. The predicted molar refractivity (Wildman–Crippen MR) is 138 cm³/mol. The highest BCUT2D eigenvalue weighted by atomic mass is 79.9. The molecule has 10 heteroatoms. The van der Waals surface area contributed by atoms with Crippen LogP contribution >= 0.6 is 74.1 Å². The quantitative estimate of drug-likeness (QED) is 0.164. The van der Waals surface area contributed by atoms with Crippen molar-refractivity contribution in [3.8, 4) is 5.75 Å². The fourth-order valence-corrected chi connectivity index (χ4v) is 4.74. The van der Waals surface area contributed by atoms with E-state index >= 15 is 0 Å². The van der Waals surface area contributed by atoms with Gasteiger partial charge in [-0.25, -0.2) is 5.43 Å². The molecule has 0 bridgehead atoms. The van der Waals surface area contributed by atoms with E-state index in [1.165, 1.54) is 18.0 Å². The van der Waals surface area contributed by atoms with Gasteiger partial charge in [-0.3, -0.25) is 4.79 Å². The van der Waals surface area contributed by atoms with Gasteiger partial charge in [0.05, 0.1) is 21.5 Å². The van der Waals surface area contributed by atoms with E-state index < -0.39 is 0 Å². The van der Waals surface area contributed by atoms with Gasteiger partial charge in [0.1, 0.15) is 6.61 Å². The van der Waals surface area contributed by atoms with Gasteiger partial charge in [-0.2, -0.15) is 5.10 Å². The largest absolute Gasteiger partial charge is 0.486 e. The first-order chi connectivity index (χ1) is 15.3. The molecule has 4 nitrogen and oxygen atoms in total. The second-order valence-electron chi connectivity index (χ2n) is 6.37. The Morgan fingerprint density at radius 3 is 2.41 bits per heavy atom. The van der Waals surface area contributed by atoms with Gasteiger partial charge in [-0.15, -0.1) is 11.8 Å². The number of halogens is 5. The van der Waals surface area contributed by atoms with Crippen molar-refractivity contribution >= 4 is 86.2 Å². The number of nitrogens with one attached hydrogen (secondary N) is 1. The Morgan fingerprint density at radius 1 is 1.00 bits per heavy atom. The molecule has 166 valence electrons. The van der Waals surface area contributed by atoms with Crippen LogP contribution < -0.4 is 10.2 Å². The Kier molecular flexibility index (Phi) is 9.59. The lowest BCUT2D eigenvalue weighted by Crippen LogP contribution is -2.19. The molecule has 1 amide bonds. The summed E-state index contributed by atoms with van der Waals surface area (Å²) >= 11 is 29.2. The summed E-state index contributed by atoms with van der Waals surface area (Å²) in [6.07, 6.45) is 1.50. The Balaban J connectivity index is 1.55. The fourth-order valence-electron chi connectivity index (χ4n) is 2.47. The zero-order valence-corrected chi connectivity index (χ0v) is 21.7. The fraction of sp³-hybridized carbons (Fsp3) is 0.0909. The van der Waals surface area contributed by atoms with E-state index in [0.29, 0.717) is 35.9 Å². The molecule has 1 N–H and O–H groups in total. The molecule has 0 radical (unpaired) electrons. The van der Waals surface area contributed by atoms with E-state index in [4.69, 9.17) is 51.1 Å². The number of ether oxygens (including phenoxy) is 1. The van der Waals surface area contributed by atoms with Crippen LogP contribution in [0.3, 0.4) is 0 Å². The summed E-state index contributed by atoms with van der Waals surface area (Å²) in [5, 5.41) is 6.09. The van der Waals surface area contributed by atoms with Gasteiger partial charge >= 0.3 is 0 Å². The monoisotopic (exact) mass is 590 g/mol.